The Labute approximate surface area is 163 Å². The Morgan fingerprint density at radius 2 is 1.78 bits per heavy atom. The third-order valence-electron chi connectivity index (χ3n) is 8.71. The summed E-state index contributed by atoms with van der Waals surface area (Å²) in [5.74, 6) is 3.35. The highest BCUT2D eigenvalue weighted by Gasteiger charge is 2.59. The molecule has 0 aliphatic heterocycles. The second-order valence-corrected chi connectivity index (χ2v) is 10.0. The molecule has 7 atom stereocenters. The van der Waals surface area contributed by atoms with Gasteiger partial charge in [-0.05, 0) is 86.5 Å². The molecule has 4 nitrogen and oxygen atoms in total. The maximum atomic E-state index is 11.5. The molecule has 3 fully saturated rings. The molecule has 27 heavy (non-hydrogen) atoms. The lowest BCUT2D eigenvalue weighted by atomic mass is 9.45. The number of carbonyl (C=O) groups excluding carboxylic acids is 2. The van der Waals surface area contributed by atoms with Gasteiger partial charge in [-0.2, -0.15) is 0 Å². The van der Waals surface area contributed by atoms with Gasteiger partial charge in [0.1, 0.15) is 11.9 Å². The van der Waals surface area contributed by atoms with Crippen molar-refractivity contribution in [3.05, 3.63) is 11.8 Å². The van der Waals surface area contributed by atoms with Gasteiger partial charge in [-0.1, -0.05) is 13.8 Å². The topological polar surface area (TPSA) is 52.6 Å². The normalized spacial score (nSPS) is 45.8. The van der Waals surface area contributed by atoms with Crippen LogP contribution in [-0.4, -0.2) is 18.0 Å². The van der Waals surface area contributed by atoms with Gasteiger partial charge < -0.3 is 9.47 Å². The molecule has 4 aliphatic carbocycles. The number of allylic oxidation sites excluding steroid dienone is 2. The van der Waals surface area contributed by atoms with E-state index in [0.29, 0.717) is 17.3 Å². The number of ether oxygens (including phenoxy) is 2. The van der Waals surface area contributed by atoms with Gasteiger partial charge in [-0.3, -0.25) is 9.59 Å². The molecule has 0 aromatic carbocycles. The number of esters is 2. The Morgan fingerprint density at radius 3 is 2.48 bits per heavy atom. The predicted octanol–water partition coefficient (Wildman–Crippen LogP) is 5.02. The van der Waals surface area contributed by atoms with Crippen LogP contribution in [0.5, 0.6) is 0 Å². The van der Waals surface area contributed by atoms with Gasteiger partial charge in [0, 0.05) is 19.3 Å². The highest BCUT2D eigenvalue weighted by molar-refractivity contribution is 5.67. The third-order valence-corrected chi connectivity index (χ3v) is 8.71. The SMILES string of the molecule is CC(=O)OC1=CC[C@@H]2[C@@H]3CC[C@@H]4C[C@@H](OC(C)=O)CC[C@]4(C)[C@H]3CC[C@@]12C. The fourth-order valence-electron chi connectivity index (χ4n) is 7.40. The van der Waals surface area contributed by atoms with Gasteiger partial charge in [0.25, 0.3) is 0 Å². The summed E-state index contributed by atoms with van der Waals surface area (Å²) in [5, 5.41) is 0. The second kappa shape index (κ2) is 6.63. The highest BCUT2D eigenvalue weighted by Crippen LogP contribution is 2.66. The minimum absolute atomic E-state index is 0.0327. The standard InChI is InChI=1S/C23H34O4/c1-14(24)26-17-9-11-22(3)16(13-17)5-6-18-19-7-8-21(27-15(2)25)23(19,4)12-10-20(18)22/h8,16-20H,5-7,9-13H2,1-4H3/t16-,17+,18+,19-,20+,22+,23-/m1/s1. The van der Waals surface area contributed by atoms with E-state index in [1.165, 1.54) is 39.5 Å². The van der Waals surface area contributed by atoms with E-state index < -0.39 is 0 Å². The molecule has 0 amide bonds. The zero-order valence-electron chi connectivity index (χ0n) is 17.3. The lowest BCUT2D eigenvalue weighted by molar-refractivity contribution is -0.159. The largest absolute Gasteiger partial charge is 0.463 e. The van der Waals surface area contributed by atoms with Crippen LogP contribution in [0.15, 0.2) is 11.8 Å². The Balaban J connectivity index is 1.51. The van der Waals surface area contributed by atoms with Crippen molar-refractivity contribution >= 4 is 11.9 Å². The molecule has 0 heterocycles. The fraction of sp³-hybridized carbons (Fsp3) is 0.826. The summed E-state index contributed by atoms with van der Waals surface area (Å²) in [6.07, 6.45) is 11.4. The molecule has 0 aromatic heterocycles. The quantitative estimate of drug-likeness (QED) is 0.637. The minimum Gasteiger partial charge on any atom is -0.463 e. The van der Waals surface area contributed by atoms with Gasteiger partial charge in [0.05, 0.1) is 0 Å². The maximum absolute atomic E-state index is 11.5. The van der Waals surface area contributed by atoms with Crippen molar-refractivity contribution in [2.45, 2.75) is 85.2 Å². The average molecular weight is 375 g/mol. The lowest BCUT2D eigenvalue weighted by Crippen LogP contribution is -2.54. The van der Waals surface area contributed by atoms with Gasteiger partial charge in [-0.15, -0.1) is 0 Å². The fourth-order valence-corrected chi connectivity index (χ4v) is 7.40. The molecule has 4 heteroatoms. The van der Waals surface area contributed by atoms with Gasteiger partial charge >= 0.3 is 11.9 Å². The molecule has 0 bridgehead atoms. The summed E-state index contributed by atoms with van der Waals surface area (Å²) in [6.45, 7) is 7.87. The summed E-state index contributed by atoms with van der Waals surface area (Å²) in [5.41, 5.74) is 0.399. The zero-order valence-corrected chi connectivity index (χ0v) is 17.3. The van der Waals surface area contributed by atoms with Crippen LogP contribution in [0.1, 0.15) is 79.1 Å². The van der Waals surface area contributed by atoms with Crippen molar-refractivity contribution in [1.29, 1.82) is 0 Å². The van der Waals surface area contributed by atoms with Crippen LogP contribution >= 0.6 is 0 Å². The third kappa shape index (κ3) is 3.03. The van der Waals surface area contributed by atoms with E-state index in [1.54, 1.807) is 0 Å². The monoisotopic (exact) mass is 374 g/mol. The van der Waals surface area contributed by atoms with Gasteiger partial charge in [0.15, 0.2) is 0 Å². The maximum Gasteiger partial charge on any atom is 0.307 e. The van der Waals surface area contributed by atoms with Crippen LogP contribution in [0.3, 0.4) is 0 Å². The van der Waals surface area contributed by atoms with Crippen molar-refractivity contribution in [2.75, 3.05) is 0 Å². The van der Waals surface area contributed by atoms with Crippen LogP contribution in [0, 0.1) is 34.5 Å². The Hall–Kier alpha value is -1.32. The summed E-state index contributed by atoms with van der Waals surface area (Å²) in [6, 6.07) is 0. The van der Waals surface area contributed by atoms with Gasteiger partial charge in [-0.25, -0.2) is 0 Å². The molecule has 0 unspecified atom stereocenters. The van der Waals surface area contributed by atoms with Crippen molar-refractivity contribution in [2.24, 2.45) is 34.5 Å². The van der Waals surface area contributed by atoms with Crippen LogP contribution in [0.4, 0.5) is 0 Å². The first-order chi connectivity index (χ1) is 12.7. The van der Waals surface area contributed by atoms with E-state index in [1.807, 2.05) is 0 Å². The van der Waals surface area contributed by atoms with Crippen molar-refractivity contribution in [1.82, 2.24) is 0 Å². The summed E-state index contributed by atoms with van der Waals surface area (Å²) < 4.78 is 11.2. The molecular weight excluding hydrogens is 340 g/mol. The van der Waals surface area contributed by atoms with Crippen molar-refractivity contribution in [3.63, 3.8) is 0 Å². The van der Waals surface area contributed by atoms with E-state index >= 15 is 0 Å². The van der Waals surface area contributed by atoms with Crippen molar-refractivity contribution in [3.8, 4) is 0 Å². The summed E-state index contributed by atoms with van der Waals surface area (Å²) >= 11 is 0. The molecular formula is C23H34O4. The van der Waals surface area contributed by atoms with Crippen LogP contribution in [0.25, 0.3) is 0 Å². The molecule has 0 N–H and O–H groups in total. The number of hydrogen-bond donors (Lipinski definition) is 0. The molecule has 0 aromatic rings. The van der Waals surface area contributed by atoms with E-state index in [0.717, 1.165) is 43.3 Å². The predicted molar refractivity (Wildman–Crippen MR) is 103 cm³/mol. The number of carbonyl (C=O) groups is 2. The van der Waals surface area contributed by atoms with E-state index in [2.05, 4.69) is 19.9 Å². The Bertz CT molecular complexity index is 667. The first-order valence-electron chi connectivity index (χ1n) is 10.8. The van der Waals surface area contributed by atoms with E-state index in [9.17, 15) is 9.59 Å². The van der Waals surface area contributed by atoms with Crippen LogP contribution in [0.2, 0.25) is 0 Å². The van der Waals surface area contributed by atoms with Crippen LogP contribution < -0.4 is 0 Å². The summed E-state index contributed by atoms with van der Waals surface area (Å²) in [4.78, 5) is 22.9. The molecule has 150 valence electrons. The number of fused-ring (bicyclic) bond motifs is 5. The average Bonchev–Trinajstić information content (AvgIpc) is 2.91. The summed E-state index contributed by atoms with van der Waals surface area (Å²) in [7, 11) is 0. The van der Waals surface area contributed by atoms with E-state index in [4.69, 9.17) is 9.47 Å². The molecule has 0 saturated heterocycles. The molecule has 3 saturated carbocycles. The molecule has 0 radical (unpaired) electrons. The molecule has 4 rings (SSSR count). The molecule has 4 aliphatic rings. The highest BCUT2D eigenvalue weighted by atomic mass is 16.5. The van der Waals surface area contributed by atoms with E-state index in [-0.39, 0.29) is 23.5 Å². The first-order valence-corrected chi connectivity index (χ1v) is 10.8. The Morgan fingerprint density at radius 1 is 1.00 bits per heavy atom. The van der Waals surface area contributed by atoms with Gasteiger partial charge in [0.2, 0.25) is 0 Å². The lowest BCUT2D eigenvalue weighted by Gasteiger charge is -2.60. The van der Waals surface area contributed by atoms with Crippen molar-refractivity contribution < 1.29 is 19.1 Å². The minimum atomic E-state index is -0.190. The number of hydrogen-bond acceptors (Lipinski definition) is 4. The number of rotatable bonds is 2. The Kier molecular flexibility index (Phi) is 4.67. The smallest absolute Gasteiger partial charge is 0.307 e. The second-order valence-electron chi connectivity index (χ2n) is 10.0. The zero-order chi connectivity index (χ0) is 19.4. The van der Waals surface area contributed by atoms with Crippen LogP contribution in [-0.2, 0) is 19.1 Å². The molecule has 0 spiro atoms. The first kappa shape index (κ1) is 19.0.